The zero-order valence-corrected chi connectivity index (χ0v) is 16.8. The SMILES string of the molecule is CCc1ccc(NC(=O)[C@H](C)CC(=O)[C@@H](NC(C)(C)C)C(C)C)cc1. The first-order valence-corrected chi connectivity index (χ1v) is 9.23. The van der Waals surface area contributed by atoms with Gasteiger partial charge in [-0.25, -0.2) is 0 Å². The molecule has 0 saturated heterocycles. The number of ketones is 1. The molecular formula is C21H34N2O2. The number of anilines is 1. The van der Waals surface area contributed by atoms with E-state index in [1.165, 1.54) is 5.56 Å². The van der Waals surface area contributed by atoms with Gasteiger partial charge >= 0.3 is 0 Å². The predicted octanol–water partition coefficient (Wildman–Crippen LogP) is 4.20. The summed E-state index contributed by atoms with van der Waals surface area (Å²) in [6.07, 6.45) is 1.21. The first-order valence-electron chi connectivity index (χ1n) is 9.23. The molecule has 1 aromatic rings. The Balaban J connectivity index is 2.66. The van der Waals surface area contributed by atoms with Gasteiger partial charge < -0.3 is 10.6 Å². The Morgan fingerprint density at radius 1 is 1.04 bits per heavy atom. The molecule has 2 atom stereocenters. The minimum absolute atomic E-state index is 0.0916. The van der Waals surface area contributed by atoms with Crippen molar-refractivity contribution in [1.82, 2.24) is 5.32 Å². The van der Waals surface area contributed by atoms with E-state index in [0.29, 0.717) is 0 Å². The fourth-order valence-electron chi connectivity index (χ4n) is 2.70. The Hall–Kier alpha value is -1.68. The Bertz CT molecular complexity index is 571. The van der Waals surface area contributed by atoms with Gasteiger partial charge in [-0.1, -0.05) is 39.8 Å². The number of carbonyl (C=O) groups excluding carboxylic acids is 2. The van der Waals surface area contributed by atoms with Crippen molar-refractivity contribution in [3.63, 3.8) is 0 Å². The highest BCUT2D eigenvalue weighted by atomic mass is 16.2. The molecule has 0 aromatic heterocycles. The summed E-state index contributed by atoms with van der Waals surface area (Å²) in [4.78, 5) is 25.1. The summed E-state index contributed by atoms with van der Waals surface area (Å²) >= 11 is 0. The van der Waals surface area contributed by atoms with Crippen LogP contribution in [0.3, 0.4) is 0 Å². The minimum atomic E-state index is -0.360. The van der Waals surface area contributed by atoms with Crippen LogP contribution in [0.5, 0.6) is 0 Å². The lowest BCUT2D eigenvalue weighted by Gasteiger charge is -2.30. The van der Waals surface area contributed by atoms with E-state index in [1.54, 1.807) is 0 Å². The van der Waals surface area contributed by atoms with E-state index in [-0.39, 0.29) is 41.5 Å². The maximum Gasteiger partial charge on any atom is 0.227 e. The summed E-state index contributed by atoms with van der Waals surface area (Å²) < 4.78 is 0. The van der Waals surface area contributed by atoms with E-state index in [0.717, 1.165) is 12.1 Å². The molecule has 140 valence electrons. The van der Waals surface area contributed by atoms with Gasteiger partial charge in [-0.3, -0.25) is 9.59 Å². The number of amides is 1. The van der Waals surface area contributed by atoms with Crippen LogP contribution in [0.4, 0.5) is 5.69 Å². The fourth-order valence-corrected chi connectivity index (χ4v) is 2.70. The molecule has 0 fully saturated rings. The normalized spacial score (nSPS) is 14.2. The summed E-state index contributed by atoms with van der Waals surface area (Å²) in [5.41, 5.74) is 1.86. The average Bonchev–Trinajstić information content (AvgIpc) is 2.52. The monoisotopic (exact) mass is 346 g/mol. The lowest BCUT2D eigenvalue weighted by atomic mass is 9.91. The number of hydrogen-bond acceptors (Lipinski definition) is 3. The molecule has 4 nitrogen and oxygen atoms in total. The molecule has 0 spiro atoms. The second-order valence-corrected chi connectivity index (χ2v) is 8.23. The van der Waals surface area contributed by atoms with E-state index in [1.807, 2.05) is 65.8 Å². The Labute approximate surface area is 152 Å². The lowest BCUT2D eigenvalue weighted by Crippen LogP contribution is -2.50. The molecule has 4 heteroatoms. The van der Waals surface area contributed by atoms with Crippen molar-refractivity contribution in [2.24, 2.45) is 11.8 Å². The topological polar surface area (TPSA) is 58.2 Å². The van der Waals surface area contributed by atoms with Crippen LogP contribution in [0.25, 0.3) is 0 Å². The van der Waals surface area contributed by atoms with Gasteiger partial charge in [-0.2, -0.15) is 0 Å². The van der Waals surface area contributed by atoms with Gasteiger partial charge in [0.15, 0.2) is 5.78 Å². The minimum Gasteiger partial charge on any atom is -0.326 e. The van der Waals surface area contributed by atoms with Crippen molar-refractivity contribution < 1.29 is 9.59 Å². The predicted molar refractivity (Wildman–Crippen MR) is 105 cm³/mol. The fraction of sp³-hybridized carbons (Fsp3) is 0.619. The molecule has 0 unspecified atom stereocenters. The Morgan fingerprint density at radius 3 is 2.04 bits per heavy atom. The number of aryl methyl sites for hydroxylation is 1. The summed E-state index contributed by atoms with van der Waals surface area (Å²) in [5.74, 6) is -0.199. The molecule has 2 N–H and O–H groups in total. The van der Waals surface area contributed by atoms with Gasteiger partial charge in [0, 0.05) is 23.6 Å². The van der Waals surface area contributed by atoms with E-state index in [4.69, 9.17) is 0 Å². The molecule has 0 aliphatic heterocycles. The van der Waals surface area contributed by atoms with Crippen LogP contribution in [0.2, 0.25) is 0 Å². The van der Waals surface area contributed by atoms with Crippen molar-refractivity contribution >= 4 is 17.4 Å². The van der Waals surface area contributed by atoms with Crippen molar-refractivity contribution in [2.75, 3.05) is 5.32 Å². The quantitative estimate of drug-likeness (QED) is 0.742. The number of benzene rings is 1. The largest absolute Gasteiger partial charge is 0.326 e. The molecule has 0 bridgehead atoms. The third-order valence-corrected chi connectivity index (χ3v) is 4.19. The van der Waals surface area contributed by atoms with Crippen molar-refractivity contribution in [2.45, 2.75) is 72.9 Å². The molecule has 0 aliphatic rings. The van der Waals surface area contributed by atoms with Crippen LogP contribution >= 0.6 is 0 Å². The highest BCUT2D eigenvalue weighted by molar-refractivity contribution is 5.96. The zero-order valence-electron chi connectivity index (χ0n) is 16.8. The summed E-state index contributed by atoms with van der Waals surface area (Å²) in [6, 6.07) is 7.59. The Kier molecular flexibility index (Phi) is 7.81. The van der Waals surface area contributed by atoms with E-state index >= 15 is 0 Å². The van der Waals surface area contributed by atoms with E-state index in [9.17, 15) is 9.59 Å². The number of Topliss-reactive ketones (excluding diaryl/α,β-unsaturated/α-hetero) is 1. The van der Waals surface area contributed by atoms with Crippen molar-refractivity contribution in [1.29, 1.82) is 0 Å². The second kappa shape index (κ2) is 9.14. The lowest BCUT2D eigenvalue weighted by molar-refractivity contribution is -0.127. The summed E-state index contributed by atoms with van der Waals surface area (Å²) in [5, 5.41) is 6.28. The van der Waals surface area contributed by atoms with Crippen LogP contribution < -0.4 is 10.6 Å². The second-order valence-electron chi connectivity index (χ2n) is 8.23. The van der Waals surface area contributed by atoms with Crippen molar-refractivity contribution in [3.05, 3.63) is 29.8 Å². The van der Waals surface area contributed by atoms with Crippen molar-refractivity contribution in [3.8, 4) is 0 Å². The zero-order chi connectivity index (χ0) is 19.2. The molecule has 0 aliphatic carbocycles. The molecule has 0 heterocycles. The van der Waals surface area contributed by atoms with Gasteiger partial charge in [0.25, 0.3) is 0 Å². The molecule has 0 saturated carbocycles. The number of hydrogen-bond donors (Lipinski definition) is 2. The molecule has 25 heavy (non-hydrogen) atoms. The average molecular weight is 347 g/mol. The molecular weight excluding hydrogens is 312 g/mol. The van der Waals surface area contributed by atoms with Gasteiger partial charge in [0.2, 0.25) is 5.91 Å². The molecule has 1 amide bonds. The standard InChI is InChI=1S/C21H34N2O2/c1-8-16-9-11-17(12-10-16)22-20(25)15(4)13-18(24)19(14(2)3)23-21(5,6)7/h9-12,14-15,19,23H,8,13H2,1-7H3,(H,22,25)/t15-,19+/m1/s1. The highest BCUT2D eigenvalue weighted by Gasteiger charge is 2.28. The molecule has 0 radical (unpaired) electrons. The highest BCUT2D eigenvalue weighted by Crippen LogP contribution is 2.16. The number of carbonyl (C=O) groups is 2. The maximum atomic E-state index is 12.7. The maximum absolute atomic E-state index is 12.7. The summed E-state index contributed by atoms with van der Waals surface area (Å²) in [7, 11) is 0. The van der Waals surface area contributed by atoms with E-state index < -0.39 is 0 Å². The molecule has 1 rings (SSSR count). The molecule has 1 aromatic carbocycles. The van der Waals surface area contributed by atoms with Gasteiger partial charge in [-0.15, -0.1) is 0 Å². The van der Waals surface area contributed by atoms with Gasteiger partial charge in [-0.05, 0) is 50.8 Å². The van der Waals surface area contributed by atoms with Crippen LogP contribution in [-0.4, -0.2) is 23.3 Å². The number of nitrogens with one attached hydrogen (secondary N) is 2. The smallest absolute Gasteiger partial charge is 0.227 e. The number of rotatable bonds is 8. The third kappa shape index (κ3) is 7.39. The van der Waals surface area contributed by atoms with E-state index in [2.05, 4.69) is 17.6 Å². The van der Waals surface area contributed by atoms with Gasteiger partial charge in [0.05, 0.1) is 6.04 Å². The van der Waals surface area contributed by atoms with Gasteiger partial charge in [0.1, 0.15) is 0 Å². The first kappa shape index (κ1) is 21.4. The third-order valence-electron chi connectivity index (χ3n) is 4.19. The van der Waals surface area contributed by atoms with Crippen LogP contribution in [0.15, 0.2) is 24.3 Å². The van der Waals surface area contributed by atoms with Crippen LogP contribution in [0.1, 0.15) is 60.5 Å². The van der Waals surface area contributed by atoms with Crippen LogP contribution in [-0.2, 0) is 16.0 Å². The van der Waals surface area contributed by atoms with Crippen LogP contribution in [0, 0.1) is 11.8 Å². The Morgan fingerprint density at radius 2 is 1.60 bits per heavy atom. The first-order chi connectivity index (χ1) is 11.5. The summed E-state index contributed by atoms with van der Waals surface area (Å²) in [6.45, 7) is 14.1.